The van der Waals surface area contributed by atoms with Crippen LogP contribution in [0.5, 0.6) is 5.75 Å². The first-order valence-electron chi connectivity index (χ1n) is 11.1. The Kier molecular flexibility index (Phi) is 8.32. The highest BCUT2D eigenvalue weighted by Crippen LogP contribution is 2.27. The van der Waals surface area contributed by atoms with Crippen molar-refractivity contribution in [2.24, 2.45) is 10.9 Å². The molecule has 0 spiro atoms. The third kappa shape index (κ3) is 6.47. The Bertz CT molecular complexity index is 852. The van der Waals surface area contributed by atoms with Gasteiger partial charge in [0.05, 0.1) is 18.9 Å². The number of imidazole rings is 1. The summed E-state index contributed by atoms with van der Waals surface area (Å²) in [5.74, 6) is 2.07. The van der Waals surface area contributed by atoms with Crippen molar-refractivity contribution in [1.82, 2.24) is 25.1 Å². The third-order valence-electron chi connectivity index (χ3n) is 5.51. The van der Waals surface area contributed by atoms with Crippen molar-refractivity contribution in [1.29, 1.82) is 0 Å². The normalized spacial score (nSPS) is 19.2. The smallest absolute Gasteiger partial charge is 0.257 e. The number of amides is 1. The largest absolute Gasteiger partial charge is 0.484 e. The van der Waals surface area contributed by atoms with E-state index in [1.807, 2.05) is 49.9 Å². The minimum Gasteiger partial charge on any atom is -0.484 e. The van der Waals surface area contributed by atoms with Gasteiger partial charge in [0.15, 0.2) is 12.6 Å². The fourth-order valence-electron chi connectivity index (χ4n) is 3.82. The molecule has 0 saturated carbocycles. The van der Waals surface area contributed by atoms with Crippen LogP contribution in [-0.2, 0) is 11.3 Å². The molecule has 2 N–H and O–H groups in total. The molecule has 0 bridgehead atoms. The van der Waals surface area contributed by atoms with E-state index in [0.29, 0.717) is 30.8 Å². The molecule has 2 unspecified atom stereocenters. The summed E-state index contributed by atoms with van der Waals surface area (Å²) in [6.45, 7) is 10.1. The van der Waals surface area contributed by atoms with E-state index in [9.17, 15) is 4.79 Å². The summed E-state index contributed by atoms with van der Waals surface area (Å²) in [5.41, 5.74) is 1.04. The zero-order valence-corrected chi connectivity index (χ0v) is 18.8. The lowest BCUT2D eigenvalue weighted by Crippen LogP contribution is -2.49. The number of likely N-dealkylation sites (N-methyl/N-ethyl adjacent to an activating group) is 1. The number of rotatable bonds is 8. The van der Waals surface area contributed by atoms with Crippen LogP contribution in [0.3, 0.4) is 0 Å². The Hall–Kier alpha value is -3.03. The number of carbonyl (C=O) groups excluding carboxylic acids is 1. The van der Waals surface area contributed by atoms with E-state index in [0.717, 1.165) is 37.6 Å². The van der Waals surface area contributed by atoms with Gasteiger partial charge in [0.1, 0.15) is 5.75 Å². The number of benzene rings is 1. The first-order valence-corrected chi connectivity index (χ1v) is 11.1. The maximum atomic E-state index is 11.6. The topological polar surface area (TPSA) is 83.8 Å². The standard InChI is InChI=1S/C23H34N6O2/c1-4-25-22(30)16-31-20-8-6-7-19(13-20)14-27-23(26-5-2)28-11-9-18(3)21(15-28)29-12-10-24-17-29/h6-8,10,12-13,17-18,21H,4-5,9,11,14-16H2,1-3H3,(H,25,30)(H,26,27). The second kappa shape index (κ2) is 11.4. The van der Waals surface area contributed by atoms with Crippen LogP contribution < -0.4 is 15.4 Å². The molecule has 1 aromatic heterocycles. The van der Waals surface area contributed by atoms with Crippen LogP contribution in [0.4, 0.5) is 0 Å². The van der Waals surface area contributed by atoms with E-state index in [-0.39, 0.29) is 12.5 Å². The summed E-state index contributed by atoms with van der Waals surface area (Å²) in [4.78, 5) is 23.1. The Morgan fingerprint density at radius 3 is 2.87 bits per heavy atom. The highest BCUT2D eigenvalue weighted by molar-refractivity contribution is 5.80. The maximum absolute atomic E-state index is 11.6. The number of nitrogens with one attached hydrogen (secondary N) is 2. The molecule has 2 aromatic rings. The zero-order chi connectivity index (χ0) is 22.1. The SMILES string of the molecule is CCNC(=O)COc1cccc(CN=C(NCC)N2CCC(C)C(n3ccnc3)C2)c1. The van der Waals surface area contributed by atoms with Gasteiger partial charge in [-0.05, 0) is 43.9 Å². The number of likely N-dealkylation sites (tertiary alicyclic amines) is 1. The molecule has 1 aliphatic rings. The lowest BCUT2D eigenvalue weighted by molar-refractivity contribution is -0.122. The maximum Gasteiger partial charge on any atom is 0.257 e. The number of piperidine rings is 1. The van der Waals surface area contributed by atoms with E-state index in [1.165, 1.54) is 0 Å². The van der Waals surface area contributed by atoms with Crippen molar-refractivity contribution in [3.8, 4) is 5.75 Å². The predicted octanol–water partition coefficient (Wildman–Crippen LogP) is 2.45. The first kappa shape index (κ1) is 22.7. The molecule has 1 saturated heterocycles. The van der Waals surface area contributed by atoms with Crippen molar-refractivity contribution >= 4 is 11.9 Å². The summed E-state index contributed by atoms with van der Waals surface area (Å²) >= 11 is 0. The summed E-state index contributed by atoms with van der Waals surface area (Å²) in [5, 5.41) is 6.17. The van der Waals surface area contributed by atoms with Crippen molar-refractivity contribution < 1.29 is 9.53 Å². The third-order valence-corrected chi connectivity index (χ3v) is 5.51. The highest BCUT2D eigenvalue weighted by atomic mass is 16.5. The lowest BCUT2D eigenvalue weighted by atomic mass is 9.93. The Morgan fingerprint density at radius 1 is 1.29 bits per heavy atom. The van der Waals surface area contributed by atoms with Crippen molar-refractivity contribution in [2.45, 2.75) is 39.8 Å². The van der Waals surface area contributed by atoms with Crippen molar-refractivity contribution in [2.75, 3.05) is 32.8 Å². The molecule has 1 aromatic carbocycles. The van der Waals surface area contributed by atoms with Crippen LogP contribution in [0.15, 0.2) is 48.0 Å². The zero-order valence-electron chi connectivity index (χ0n) is 18.8. The second-order valence-corrected chi connectivity index (χ2v) is 7.85. The van der Waals surface area contributed by atoms with Gasteiger partial charge in [-0.1, -0.05) is 19.1 Å². The number of guanidine groups is 1. The Labute approximate surface area is 184 Å². The van der Waals surface area contributed by atoms with Crippen LogP contribution in [0, 0.1) is 5.92 Å². The molecule has 2 atom stereocenters. The van der Waals surface area contributed by atoms with Gasteiger partial charge in [-0.3, -0.25) is 4.79 Å². The predicted molar refractivity (Wildman–Crippen MR) is 122 cm³/mol. The molecule has 8 heteroatoms. The molecule has 3 rings (SSSR count). The van der Waals surface area contributed by atoms with Gasteiger partial charge >= 0.3 is 0 Å². The quantitative estimate of drug-likeness (QED) is 0.500. The van der Waals surface area contributed by atoms with Crippen LogP contribution in [-0.4, -0.2) is 59.1 Å². The number of hydrogen-bond donors (Lipinski definition) is 2. The molecule has 1 fully saturated rings. The van der Waals surface area contributed by atoms with E-state index in [4.69, 9.17) is 9.73 Å². The van der Waals surface area contributed by atoms with E-state index in [2.05, 4.69) is 38.9 Å². The second-order valence-electron chi connectivity index (χ2n) is 7.85. The molecule has 1 amide bonds. The molecular weight excluding hydrogens is 392 g/mol. The average molecular weight is 427 g/mol. The molecule has 1 aliphatic heterocycles. The lowest BCUT2D eigenvalue weighted by Gasteiger charge is -2.39. The molecule has 31 heavy (non-hydrogen) atoms. The van der Waals surface area contributed by atoms with Gasteiger partial charge in [0.2, 0.25) is 0 Å². The van der Waals surface area contributed by atoms with E-state index < -0.39 is 0 Å². The van der Waals surface area contributed by atoms with Crippen LogP contribution in [0.25, 0.3) is 0 Å². The molecule has 0 aliphatic carbocycles. The van der Waals surface area contributed by atoms with Gasteiger partial charge < -0.3 is 24.8 Å². The van der Waals surface area contributed by atoms with Gasteiger partial charge in [0.25, 0.3) is 5.91 Å². The number of hydrogen-bond acceptors (Lipinski definition) is 4. The molecule has 168 valence electrons. The molecule has 2 heterocycles. The Morgan fingerprint density at radius 2 is 2.13 bits per heavy atom. The highest BCUT2D eigenvalue weighted by Gasteiger charge is 2.28. The fraction of sp³-hybridized carbons (Fsp3) is 0.522. The van der Waals surface area contributed by atoms with Crippen LogP contribution in [0.2, 0.25) is 0 Å². The van der Waals surface area contributed by atoms with Crippen LogP contribution >= 0.6 is 0 Å². The average Bonchev–Trinajstić information content (AvgIpc) is 3.31. The van der Waals surface area contributed by atoms with Crippen molar-refractivity contribution in [3.05, 3.63) is 48.5 Å². The van der Waals surface area contributed by atoms with Crippen molar-refractivity contribution in [3.63, 3.8) is 0 Å². The van der Waals surface area contributed by atoms with E-state index >= 15 is 0 Å². The minimum atomic E-state index is -0.118. The summed E-state index contributed by atoms with van der Waals surface area (Å²) in [7, 11) is 0. The molecular formula is C23H34N6O2. The number of aliphatic imine (C=N–C) groups is 1. The minimum absolute atomic E-state index is 0.0187. The van der Waals surface area contributed by atoms with Gasteiger partial charge in [-0.25, -0.2) is 9.98 Å². The molecule has 0 radical (unpaired) electrons. The number of carbonyl (C=O) groups is 1. The monoisotopic (exact) mass is 426 g/mol. The van der Waals surface area contributed by atoms with Gasteiger partial charge in [0, 0.05) is 38.6 Å². The molecule has 8 nitrogen and oxygen atoms in total. The number of aromatic nitrogens is 2. The first-order chi connectivity index (χ1) is 15.1. The van der Waals surface area contributed by atoms with Gasteiger partial charge in [-0.2, -0.15) is 0 Å². The number of nitrogens with zero attached hydrogens (tertiary/aromatic N) is 4. The van der Waals surface area contributed by atoms with Gasteiger partial charge in [-0.15, -0.1) is 0 Å². The van der Waals surface area contributed by atoms with E-state index in [1.54, 1.807) is 0 Å². The summed E-state index contributed by atoms with van der Waals surface area (Å²) < 4.78 is 7.81. The Balaban J connectivity index is 1.65. The van der Waals surface area contributed by atoms with Crippen LogP contribution in [0.1, 0.15) is 38.8 Å². The summed E-state index contributed by atoms with van der Waals surface area (Å²) in [6.07, 6.45) is 6.89. The number of ether oxygens (including phenoxy) is 1. The fourth-order valence-corrected chi connectivity index (χ4v) is 3.82. The summed E-state index contributed by atoms with van der Waals surface area (Å²) in [6, 6.07) is 8.14.